The molecule has 3 heterocycles. The second-order valence-corrected chi connectivity index (χ2v) is 9.62. The van der Waals surface area contributed by atoms with Crippen LogP contribution in [0.1, 0.15) is 44.6 Å². The summed E-state index contributed by atoms with van der Waals surface area (Å²) in [5.41, 5.74) is 3.56. The summed E-state index contributed by atoms with van der Waals surface area (Å²) in [6, 6.07) is 14.5. The molecule has 0 amide bonds. The van der Waals surface area contributed by atoms with Gasteiger partial charge in [-0.05, 0) is 57.0 Å². The van der Waals surface area contributed by atoms with E-state index in [4.69, 9.17) is 4.42 Å². The minimum atomic E-state index is -1.14. The number of aliphatic hydroxyl groups excluding tert-OH is 1. The lowest BCUT2D eigenvalue weighted by Gasteiger charge is -2.24. The van der Waals surface area contributed by atoms with Crippen molar-refractivity contribution in [2.75, 3.05) is 0 Å². The minimum Gasteiger partial charge on any atom is -0.458 e. The lowest BCUT2D eigenvalue weighted by molar-refractivity contribution is -0.0469. The molecule has 1 unspecified atom stereocenters. The number of hydrogen-bond acceptors (Lipinski definition) is 3. The van der Waals surface area contributed by atoms with Gasteiger partial charge in [-0.15, -0.1) is 0 Å². The van der Waals surface area contributed by atoms with Crippen molar-refractivity contribution in [1.82, 2.24) is 9.97 Å². The molecule has 0 aliphatic carbocycles. The molecule has 5 rings (SSSR count). The van der Waals surface area contributed by atoms with E-state index < -0.39 is 11.7 Å². The number of hydrogen-bond donors (Lipinski definition) is 4. The van der Waals surface area contributed by atoms with Gasteiger partial charge in [0, 0.05) is 45.9 Å². The zero-order chi connectivity index (χ0) is 22.0. The Morgan fingerprint density at radius 3 is 2.52 bits per heavy atom. The third-order valence-corrected chi connectivity index (χ3v) is 6.49. The van der Waals surface area contributed by atoms with E-state index in [-0.39, 0.29) is 5.41 Å². The van der Waals surface area contributed by atoms with Crippen molar-refractivity contribution in [3.05, 3.63) is 71.7 Å². The quantitative estimate of drug-likeness (QED) is 0.310. The van der Waals surface area contributed by atoms with Gasteiger partial charge in [-0.1, -0.05) is 24.3 Å². The number of nitrogens with one attached hydrogen (secondary N) is 2. The number of aromatic amines is 2. The highest BCUT2D eigenvalue weighted by atomic mass is 16.3. The van der Waals surface area contributed by atoms with Gasteiger partial charge in [0.1, 0.15) is 5.76 Å². The number of aliphatic hydroxyl groups is 2. The summed E-state index contributed by atoms with van der Waals surface area (Å²) in [6.07, 6.45) is 3.55. The van der Waals surface area contributed by atoms with Crippen molar-refractivity contribution in [2.45, 2.75) is 51.2 Å². The van der Waals surface area contributed by atoms with Crippen LogP contribution in [0.4, 0.5) is 0 Å². The fourth-order valence-corrected chi connectivity index (χ4v) is 4.35. The molecule has 0 saturated heterocycles. The largest absolute Gasteiger partial charge is 0.458 e. The van der Waals surface area contributed by atoms with E-state index in [1.165, 1.54) is 0 Å². The van der Waals surface area contributed by atoms with E-state index in [9.17, 15) is 10.2 Å². The molecule has 0 aliphatic heterocycles. The van der Waals surface area contributed by atoms with Crippen LogP contribution in [0, 0.1) is 0 Å². The van der Waals surface area contributed by atoms with E-state index in [2.05, 4.69) is 48.1 Å². The highest BCUT2D eigenvalue weighted by Gasteiger charge is 2.31. The van der Waals surface area contributed by atoms with Crippen molar-refractivity contribution >= 4 is 32.8 Å². The third-order valence-electron chi connectivity index (χ3n) is 6.49. The van der Waals surface area contributed by atoms with Gasteiger partial charge in [0.15, 0.2) is 5.58 Å². The Morgan fingerprint density at radius 2 is 1.74 bits per heavy atom. The highest BCUT2D eigenvalue weighted by molar-refractivity contribution is 6.02. The first-order chi connectivity index (χ1) is 14.6. The molecule has 2 aromatic carbocycles. The average Bonchev–Trinajstić information content (AvgIpc) is 3.43. The monoisotopic (exact) mass is 416 g/mol. The van der Waals surface area contributed by atoms with Crippen LogP contribution in [0.25, 0.3) is 32.8 Å². The van der Waals surface area contributed by atoms with E-state index in [1.54, 1.807) is 13.8 Å². The number of H-pyrrole nitrogens is 2. The first-order valence-corrected chi connectivity index (χ1v) is 10.7. The topological polar surface area (TPSA) is 85.2 Å². The summed E-state index contributed by atoms with van der Waals surface area (Å²) in [5, 5.41) is 23.6. The smallest absolute Gasteiger partial charge is 0.158 e. The van der Waals surface area contributed by atoms with Crippen molar-refractivity contribution in [2.24, 2.45) is 0 Å². The van der Waals surface area contributed by atoms with Crippen molar-refractivity contribution in [3.8, 4) is 0 Å². The van der Waals surface area contributed by atoms with Crippen molar-refractivity contribution < 1.29 is 14.6 Å². The van der Waals surface area contributed by atoms with E-state index >= 15 is 0 Å². The Morgan fingerprint density at radius 1 is 0.968 bits per heavy atom. The van der Waals surface area contributed by atoms with Crippen LogP contribution >= 0.6 is 0 Å². The molecule has 0 fully saturated rings. The SMILES string of the molecule is CC(C)(c1cc2ccc3cc[nH]c3c2o1)c1c[nH]c2cc(CC(O)C(C)(C)O)ccc12. The van der Waals surface area contributed by atoms with Gasteiger partial charge >= 0.3 is 0 Å². The van der Waals surface area contributed by atoms with Crippen LogP contribution in [0.2, 0.25) is 0 Å². The molecule has 1 atom stereocenters. The molecular weight excluding hydrogens is 388 g/mol. The first kappa shape index (κ1) is 19.9. The van der Waals surface area contributed by atoms with E-state index in [1.807, 2.05) is 30.6 Å². The Kier molecular flexibility index (Phi) is 4.33. The third kappa shape index (κ3) is 3.25. The average molecular weight is 417 g/mol. The van der Waals surface area contributed by atoms with Crippen molar-refractivity contribution in [1.29, 1.82) is 0 Å². The molecule has 5 heteroatoms. The second kappa shape index (κ2) is 6.74. The summed E-state index contributed by atoms with van der Waals surface area (Å²) >= 11 is 0. The molecule has 160 valence electrons. The number of rotatable bonds is 5. The fourth-order valence-electron chi connectivity index (χ4n) is 4.35. The predicted octanol–water partition coefficient (Wildman–Crippen LogP) is 5.40. The molecule has 4 N–H and O–H groups in total. The Labute approximate surface area is 180 Å². The van der Waals surface area contributed by atoms with Gasteiger partial charge in [0.2, 0.25) is 0 Å². The Hall–Kier alpha value is -3.02. The Balaban J connectivity index is 1.54. The summed E-state index contributed by atoms with van der Waals surface area (Å²) in [4.78, 5) is 6.67. The molecule has 31 heavy (non-hydrogen) atoms. The maximum absolute atomic E-state index is 10.2. The highest BCUT2D eigenvalue weighted by Crippen LogP contribution is 2.40. The first-order valence-electron chi connectivity index (χ1n) is 10.7. The normalized spacial score (nSPS) is 14.1. The molecule has 0 bridgehead atoms. The summed E-state index contributed by atoms with van der Waals surface area (Å²) in [5.74, 6) is 0.909. The van der Waals surface area contributed by atoms with Crippen LogP contribution in [0.3, 0.4) is 0 Å². The van der Waals surface area contributed by atoms with Gasteiger partial charge in [-0.25, -0.2) is 0 Å². The molecule has 5 nitrogen and oxygen atoms in total. The molecule has 3 aromatic heterocycles. The van der Waals surface area contributed by atoms with Crippen LogP contribution < -0.4 is 0 Å². The molecular formula is C26H28N2O3. The van der Waals surface area contributed by atoms with E-state index in [0.717, 1.165) is 49.7 Å². The van der Waals surface area contributed by atoms with Gasteiger partial charge in [0.05, 0.1) is 17.2 Å². The Bertz CT molecular complexity index is 1390. The van der Waals surface area contributed by atoms with Gasteiger partial charge in [0.25, 0.3) is 0 Å². The van der Waals surface area contributed by atoms with Crippen LogP contribution in [0.15, 0.2) is 59.3 Å². The van der Waals surface area contributed by atoms with Crippen molar-refractivity contribution in [3.63, 3.8) is 0 Å². The van der Waals surface area contributed by atoms with Gasteiger partial charge in [-0.2, -0.15) is 0 Å². The molecule has 0 aliphatic rings. The number of benzene rings is 2. The summed E-state index contributed by atoms with van der Waals surface area (Å²) < 4.78 is 6.38. The standard InChI is InChI=1S/C26H28N2O3/c1-25(2,22-13-17-7-6-16-9-10-27-23(16)24(17)31-22)19-14-28-20-11-15(5-8-18(19)20)12-21(29)26(3,4)30/h5-11,13-14,21,27-30H,12H2,1-4H3. The molecule has 0 radical (unpaired) electrons. The van der Waals surface area contributed by atoms with Crippen LogP contribution in [0.5, 0.6) is 0 Å². The molecule has 5 aromatic rings. The molecule has 0 spiro atoms. The van der Waals surface area contributed by atoms with Gasteiger partial charge < -0.3 is 24.6 Å². The summed E-state index contributed by atoms with van der Waals surface area (Å²) in [6.45, 7) is 7.59. The van der Waals surface area contributed by atoms with Gasteiger partial charge in [-0.3, -0.25) is 0 Å². The lowest BCUT2D eigenvalue weighted by Crippen LogP contribution is -2.37. The number of aromatic nitrogens is 2. The number of fused-ring (bicyclic) bond motifs is 4. The zero-order valence-electron chi connectivity index (χ0n) is 18.3. The van der Waals surface area contributed by atoms with Crippen LogP contribution in [-0.2, 0) is 11.8 Å². The number of furan rings is 1. The van der Waals surface area contributed by atoms with E-state index in [0.29, 0.717) is 6.42 Å². The minimum absolute atomic E-state index is 0.343. The maximum atomic E-state index is 10.2. The second-order valence-electron chi connectivity index (χ2n) is 9.62. The summed E-state index contributed by atoms with van der Waals surface area (Å²) in [7, 11) is 0. The predicted molar refractivity (Wildman–Crippen MR) is 125 cm³/mol. The molecule has 0 saturated carbocycles. The lowest BCUT2D eigenvalue weighted by atomic mass is 9.82. The maximum Gasteiger partial charge on any atom is 0.158 e. The fraction of sp³-hybridized carbons (Fsp3) is 0.308. The van der Waals surface area contributed by atoms with Crippen LogP contribution in [-0.4, -0.2) is 31.9 Å². The zero-order valence-corrected chi connectivity index (χ0v) is 18.3.